The fourth-order valence-electron chi connectivity index (χ4n) is 1.99. The van der Waals surface area contributed by atoms with Crippen LogP contribution in [-0.2, 0) is 0 Å². The molecule has 0 aliphatic carbocycles. The molecule has 0 radical (unpaired) electrons. The summed E-state index contributed by atoms with van der Waals surface area (Å²) in [4.78, 5) is 0. The highest BCUT2D eigenvalue weighted by atomic mass is 16.5. The molecule has 0 spiro atoms. The molecule has 3 N–H and O–H groups in total. The monoisotopic (exact) mass is 273 g/mol. The van der Waals surface area contributed by atoms with Crippen LogP contribution in [0, 0.1) is 0 Å². The quantitative estimate of drug-likeness (QED) is 0.849. The molecular weight excluding hydrogens is 254 g/mol. The highest BCUT2D eigenvalue weighted by Gasteiger charge is 2.14. The van der Waals surface area contributed by atoms with Gasteiger partial charge in [0.15, 0.2) is 0 Å². The van der Waals surface area contributed by atoms with Crippen molar-refractivity contribution < 1.29 is 14.6 Å². The van der Waals surface area contributed by atoms with E-state index >= 15 is 0 Å². The first-order chi connectivity index (χ1) is 9.74. The number of para-hydroxylation sites is 1. The molecular formula is C16H19NO3. The van der Waals surface area contributed by atoms with Crippen LogP contribution in [0.15, 0.2) is 48.5 Å². The largest absolute Gasteiger partial charge is 0.508 e. The maximum Gasteiger partial charge on any atom is 0.119 e. The lowest BCUT2D eigenvalue weighted by Crippen LogP contribution is -2.19. The number of phenols is 1. The number of aromatic hydroxyl groups is 1. The maximum absolute atomic E-state index is 9.85. The number of methoxy groups -OCH3 is 1. The van der Waals surface area contributed by atoms with E-state index in [9.17, 15) is 5.11 Å². The number of ether oxygens (including phenoxy) is 2. The highest BCUT2D eigenvalue weighted by Crippen LogP contribution is 2.26. The van der Waals surface area contributed by atoms with Crippen molar-refractivity contribution in [1.29, 1.82) is 0 Å². The van der Waals surface area contributed by atoms with E-state index in [4.69, 9.17) is 15.2 Å². The van der Waals surface area contributed by atoms with Crippen LogP contribution in [0.2, 0.25) is 0 Å². The van der Waals surface area contributed by atoms with E-state index in [1.807, 2.05) is 36.4 Å². The summed E-state index contributed by atoms with van der Waals surface area (Å²) in [6.45, 7) is 0.828. The van der Waals surface area contributed by atoms with Crippen molar-refractivity contribution in [2.75, 3.05) is 20.3 Å². The summed E-state index contributed by atoms with van der Waals surface area (Å²) in [5.74, 6) is 1.74. The second kappa shape index (κ2) is 6.82. The van der Waals surface area contributed by atoms with Crippen LogP contribution in [0.5, 0.6) is 17.2 Å². The van der Waals surface area contributed by atoms with Gasteiger partial charge in [0.1, 0.15) is 17.2 Å². The van der Waals surface area contributed by atoms with Crippen molar-refractivity contribution in [3.63, 3.8) is 0 Å². The van der Waals surface area contributed by atoms with Crippen LogP contribution in [0.3, 0.4) is 0 Å². The van der Waals surface area contributed by atoms with Crippen LogP contribution < -0.4 is 15.2 Å². The Kier molecular flexibility index (Phi) is 4.85. The van der Waals surface area contributed by atoms with E-state index in [1.165, 1.54) is 0 Å². The molecule has 2 aromatic carbocycles. The van der Waals surface area contributed by atoms with Gasteiger partial charge in [-0.2, -0.15) is 0 Å². The molecule has 106 valence electrons. The fourth-order valence-corrected chi connectivity index (χ4v) is 1.99. The first-order valence-corrected chi connectivity index (χ1v) is 6.49. The Hall–Kier alpha value is -2.20. The molecule has 20 heavy (non-hydrogen) atoms. The standard InChI is InChI=1S/C16H19NO3/c1-19-13-6-8-14(9-7-13)20-11-12(10-17)15-4-2-3-5-16(15)18/h2-9,12,18H,10-11,17H2,1H3. The molecule has 4 heteroatoms. The maximum atomic E-state index is 9.85. The molecule has 0 aromatic heterocycles. The summed E-state index contributed by atoms with van der Waals surface area (Å²) in [5, 5.41) is 9.85. The van der Waals surface area contributed by atoms with Crippen molar-refractivity contribution in [3.8, 4) is 17.2 Å². The van der Waals surface area contributed by atoms with Crippen molar-refractivity contribution in [2.24, 2.45) is 5.73 Å². The van der Waals surface area contributed by atoms with E-state index in [2.05, 4.69) is 0 Å². The normalized spacial score (nSPS) is 11.9. The minimum Gasteiger partial charge on any atom is -0.508 e. The van der Waals surface area contributed by atoms with Gasteiger partial charge in [0, 0.05) is 18.0 Å². The van der Waals surface area contributed by atoms with Crippen molar-refractivity contribution in [2.45, 2.75) is 5.92 Å². The molecule has 0 aliphatic rings. The van der Waals surface area contributed by atoms with Crippen LogP contribution in [-0.4, -0.2) is 25.4 Å². The molecule has 1 unspecified atom stereocenters. The average molecular weight is 273 g/mol. The van der Waals surface area contributed by atoms with Gasteiger partial charge in [0.05, 0.1) is 13.7 Å². The van der Waals surface area contributed by atoms with Gasteiger partial charge in [-0.15, -0.1) is 0 Å². The van der Waals surface area contributed by atoms with E-state index in [1.54, 1.807) is 19.2 Å². The molecule has 0 amide bonds. The van der Waals surface area contributed by atoms with Gasteiger partial charge >= 0.3 is 0 Å². The molecule has 0 aliphatic heterocycles. The molecule has 0 fully saturated rings. The molecule has 0 bridgehead atoms. The van der Waals surface area contributed by atoms with E-state index in [-0.39, 0.29) is 11.7 Å². The third-order valence-corrected chi connectivity index (χ3v) is 3.17. The van der Waals surface area contributed by atoms with Gasteiger partial charge in [0.2, 0.25) is 0 Å². The van der Waals surface area contributed by atoms with Gasteiger partial charge in [0.25, 0.3) is 0 Å². The van der Waals surface area contributed by atoms with Crippen LogP contribution >= 0.6 is 0 Å². The lowest BCUT2D eigenvalue weighted by atomic mass is 9.99. The number of benzene rings is 2. The van der Waals surface area contributed by atoms with E-state index in [0.29, 0.717) is 13.2 Å². The number of hydrogen-bond donors (Lipinski definition) is 2. The van der Waals surface area contributed by atoms with Crippen LogP contribution in [0.4, 0.5) is 0 Å². The van der Waals surface area contributed by atoms with Gasteiger partial charge in [-0.25, -0.2) is 0 Å². The van der Waals surface area contributed by atoms with Crippen molar-refractivity contribution >= 4 is 0 Å². The minimum absolute atomic E-state index is 0.0432. The first kappa shape index (κ1) is 14.2. The Morgan fingerprint density at radius 2 is 1.70 bits per heavy atom. The molecule has 4 nitrogen and oxygen atoms in total. The number of rotatable bonds is 6. The Morgan fingerprint density at radius 1 is 1.05 bits per heavy atom. The predicted octanol–water partition coefficient (Wildman–Crippen LogP) is 2.52. The number of nitrogens with two attached hydrogens (primary N) is 1. The lowest BCUT2D eigenvalue weighted by Gasteiger charge is -2.17. The third kappa shape index (κ3) is 3.42. The first-order valence-electron chi connectivity index (χ1n) is 6.49. The Labute approximate surface area is 118 Å². The van der Waals surface area contributed by atoms with E-state index < -0.39 is 0 Å². The summed E-state index contributed by atoms with van der Waals surface area (Å²) in [6.07, 6.45) is 0. The van der Waals surface area contributed by atoms with Gasteiger partial charge < -0.3 is 20.3 Å². The van der Waals surface area contributed by atoms with Crippen molar-refractivity contribution in [1.82, 2.24) is 0 Å². The second-order valence-electron chi connectivity index (χ2n) is 4.48. The third-order valence-electron chi connectivity index (χ3n) is 3.17. The zero-order valence-electron chi connectivity index (χ0n) is 11.5. The van der Waals surface area contributed by atoms with Gasteiger partial charge in [-0.3, -0.25) is 0 Å². The van der Waals surface area contributed by atoms with Gasteiger partial charge in [-0.1, -0.05) is 18.2 Å². The predicted molar refractivity (Wildman–Crippen MR) is 78.4 cm³/mol. The molecule has 2 aromatic rings. The molecule has 0 saturated heterocycles. The SMILES string of the molecule is COc1ccc(OCC(CN)c2ccccc2O)cc1. The molecule has 2 rings (SSSR count). The Morgan fingerprint density at radius 3 is 2.30 bits per heavy atom. The summed E-state index contributed by atoms with van der Waals surface area (Å²) >= 11 is 0. The summed E-state index contributed by atoms with van der Waals surface area (Å²) in [7, 11) is 1.62. The van der Waals surface area contributed by atoms with Crippen LogP contribution in [0.25, 0.3) is 0 Å². The fraction of sp³-hybridized carbons (Fsp3) is 0.250. The average Bonchev–Trinajstić information content (AvgIpc) is 2.50. The smallest absolute Gasteiger partial charge is 0.119 e. The molecule has 0 saturated carbocycles. The summed E-state index contributed by atoms with van der Waals surface area (Å²) in [5.41, 5.74) is 6.58. The summed E-state index contributed by atoms with van der Waals surface area (Å²) in [6, 6.07) is 14.6. The highest BCUT2D eigenvalue weighted by molar-refractivity contribution is 5.36. The Bertz CT molecular complexity index is 540. The zero-order chi connectivity index (χ0) is 14.4. The Balaban J connectivity index is 2.02. The number of phenolic OH excluding ortho intramolecular Hbond substituents is 1. The van der Waals surface area contributed by atoms with E-state index in [0.717, 1.165) is 17.1 Å². The zero-order valence-corrected chi connectivity index (χ0v) is 11.5. The summed E-state index contributed by atoms with van der Waals surface area (Å²) < 4.78 is 10.8. The molecule has 0 heterocycles. The molecule has 1 atom stereocenters. The lowest BCUT2D eigenvalue weighted by molar-refractivity contribution is 0.286. The second-order valence-corrected chi connectivity index (χ2v) is 4.48. The number of hydrogen-bond acceptors (Lipinski definition) is 4. The topological polar surface area (TPSA) is 64.7 Å². The minimum atomic E-state index is -0.0432. The van der Waals surface area contributed by atoms with Crippen molar-refractivity contribution in [3.05, 3.63) is 54.1 Å². The van der Waals surface area contributed by atoms with Crippen LogP contribution in [0.1, 0.15) is 11.5 Å². The van der Waals surface area contributed by atoms with Gasteiger partial charge in [-0.05, 0) is 30.3 Å².